The number of anilines is 1. The zero-order chi connectivity index (χ0) is 20.9. The van der Waals surface area contributed by atoms with Crippen LogP contribution >= 0.6 is 11.8 Å². The van der Waals surface area contributed by atoms with Gasteiger partial charge in [0.25, 0.3) is 5.91 Å². The molecule has 1 N–H and O–H groups in total. The van der Waals surface area contributed by atoms with Gasteiger partial charge in [-0.25, -0.2) is 0 Å². The molecule has 0 spiro atoms. The van der Waals surface area contributed by atoms with E-state index in [0.29, 0.717) is 23.7 Å². The van der Waals surface area contributed by atoms with E-state index in [0.717, 1.165) is 27.5 Å². The normalized spacial score (nSPS) is 14.7. The summed E-state index contributed by atoms with van der Waals surface area (Å²) < 4.78 is 11.7. The predicted molar refractivity (Wildman–Crippen MR) is 117 cm³/mol. The second-order valence-corrected chi connectivity index (χ2v) is 7.99. The van der Waals surface area contributed by atoms with Gasteiger partial charge in [0.15, 0.2) is 6.10 Å². The number of benzene rings is 3. The largest absolute Gasteiger partial charge is 0.489 e. The summed E-state index contributed by atoms with van der Waals surface area (Å²) in [5, 5.41) is 12.0. The zero-order valence-corrected chi connectivity index (χ0v) is 17.2. The zero-order valence-electron chi connectivity index (χ0n) is 16.4. The molecule has 0 aromatic heterocycles. The fourth-order valence-corrected chi connectivity index (χ4v) is 4.11. The van der Waals surface area contributed by atoms with Crippen molar-refractivity contribution in [3.8, 4) is 17.6 Å². The summed E-state index contributed by atoms with van der Waals surface area (Å²) >= 11 is 1.62. The molecule has 1 atom stereocenters. The molecule has 0 saturated heterocycles. The third kappa shape index (κ3) is 4.58. The van der Waals surface area contributed by atoms with Crippen molar-refractivity contribution in [3.63, 3.8) is 0 Å². The summed E-state index contributed by atoms with van der Waals surface area (Å²) in [6.07, 6.45) is -0.535. The Kier molecular flexibility index (Phi) is 5.92. The van der Waals surface area contributed by atoms with E-state index < -0.39 is 6.10 Å². The van der Waals surface area contributed by atoms with Gasteiger partial charge in [0.05, 0.1) is 11.6 Å². The minimum Gasteiger partial charge on any atom is -0.489 e. The maximum atomic E-state index is 12.7. The van der Waals surface area contributed by atoms with Gasteiger partial charge in [-0.3, -0.25) is 4.79 Å². The fraction of sp³-hybridized carbons (Fsp3) is 0.167. The van der Waals surface area contributed by atoms with Gasteiger partial charge < -0.3 is 14.8 Å². The minimum atomic E-state index is -0.535. The molecule has 1 amide bonds. The average Bonchev–Trinajstić information content (AvgIpc) is 2.79. The van der Waals surface area contributed by atoms with Crippen LogP contribution < -0.4 is 14.8 Å². The number of hydrogen-bond donors (Lipinski definition) is 1. The van der Waals surface area contributed by atoms with Gasteiger partial charge in [-0.1, -0.05) is 24.3 Å². The van der Waals surface area contributed by atoms with Gasteiger partial charge >= 0.3 is 0 Å². The Bertz CT molecular complexity index is 1120. The Labute approximate surface area is 179 Å². The van der Waals surface area contributed by atoms with Crippen molar-refractivity contribution in [2.45, 2.75) is 24.5 Å². The molecule has 0 bridgehead atoms. The van der Waals surface area contributed by atoms with E-state index >= 15 is 0 Å². The van der Waals surface area contributed by atoms with E-state index in [1.165, 1.54) is 0 Å². The molecular weight excluding hydrogens is 396 g/mol. The lowest BCUT2D eigenvalue weighted by atomic mass is 10.1. The molecular formula is C24H20N2O3S. The minimum absolute atomic E-state index is 0.165. The van der Waals surface area contributed by atoms with Crippen LogP contribution in [0.3, 0.4) is 0 Å². The highest BCUT2D eigenvalue weighted by Gasteiger charge is 2.26. The molecule has 5 nitrogen and oxygen atoms in total. The second kappa shape index (κ2) is 8.93. The maximum absolute atomic E-state index is 12.7. The number of hydrogen-bond acceptors (Lipinski definition) is 5. The van der Waals surface area contributed by atoms with Gasteiger partial charge in [0.1, 0.15) is 18.1 Å². The van der Waals surface area contributed by atoms with Crippen molar-refractivity contribution in [3.05, 3.63) is 83.4 Å². The van der Waals surface area contributed by atoms with Crippen LogP contribution in [-0.2, 0) is 11.4 Å². The van der Waals surface area contributed by atoms with Crippen LogP contribution in [0.2, 0.25) is 0 Å². The van der Waals surface area contributed by atoms with Crippen molar-refractivity contribution in [2.75, 3.05) is 11.1 Å². The first-order valence-electron chi connectivity index (χ1n) is 9.54. The van der Waals surface area contributed by atoms with Crippen LogP contribution in [0.15, 0.2) is 71.6 Å². The smallest absolute Gasteiger partial charge is 0.266 e. The number of aryl methyl sites for hydroxylation is 1. The van der Waals surface area contributed by atoms with Gasteiger partial charge in [-0.2, -0.15) is 5.26 Å². The third-order valence-electron chi connectivity index (χ3n) is 4.72. The Hall–Kier alpha value is -3.43. The Morgan fingerprint density at radius 2 is 2.07 bits per heavy atom. The van der Waals surface area contributed by atoms with Crippen molar-refractivity contribution in [1.82, 2.24) is 0 Å². The number of thioether (sulfide) groups is 1. The maximum Gasteiger partial charge on any atom is 0.266 e. The second-order valence-electron chi connectivity index (χ2n) is 6.93. The first-order chi connectivity index (χ1) is 14.6. The van der Waals surface area contributed by atoms with Gasteiger partial charge in [0, 0.05) is 16.3 Å². The number of carbonyl (C=O) groups excluding carboxylic acids is 1. The van der Waals surface area contributed by atoms with Crippen molar-refractivity contribution in [1.29, 1.82) is 5.26 Å². The molecule has 0 fully saturated rings. The highest BCUT2D eigenvalue weighted by molar-refractivity contribution is 7.99. The first-order valence-corrected chi connectivity index (χ1v) is 10.5. The van der Waals surface area contributed by atoms with Crippen molar-refractivity contribution in [2.24, 2.45) is 0 Å². The number of carbonyl (C=O) groups is 1. The predicted octanol–water partition coefficient (Wildman–Crippen LogP) is 4.94. The Morgan fingerprint density at radius 3 is 2.90 bits per heavy atom. The lowest BCUT2D eigenvalue weighted by Gasteiger charge is -2.25. The number of nitrogens with zero attached hydrogens (tertiary/aromatic N) is 1. The fourth-order valence-electron chi connectivity index (χ4n) is 3.13. The molecule has 0 aliphatic carbocycles. The van der Waals surface area contributed by atoms with Gasteiger partial charge in [-0.05, 0) is 60.5 Å². The molecule has 4 rings (SSSR count). The number of amides is 1. The van der Waals surface area contributed by atoms with E-state index in [1.807, 2.05) is 67.6 Å². The number of para-hydroxylation sites is 1. The molecule has 1 aliphatic rings. The van der Waals surface area contributed by atoms with Crippen molar-refractivity contribution < 1.29 is 14.3 Å². The SMILES string of the molecule is Cc1cc(OCc2cccc(C#N)c2)ccc1NC(=O)C1CSc2ccccc2O1. The lowest BCUT2D eigenvalue weighted by molar-refractivity contribution is -0.122. The summed E-state index contributed by atoms with van der Waals surface area (Å²) in [6, 6.07) is 22.7. The number of rotatable bonds is 5. The van der Waals surface area contributed by atoms with Crippen molar-refractivity contribution >= 4 is 23.4 Å². The first kappa shape index (κ1) is 19.9. The molecule has 3 aromatic rings. The topological polar surface area (TPSA) is 71.3 Å². The highest BCUT2D eigenvalue weighted by Crippen LogP contribution is 2.35. The van der Waals surface area contributed by atoms with Crippen LogP contribution in [0.5, 0.6) is 11.5 Å². The van der Waals surface area contributed by atoms with Gasteiger partial charge in [-0.15, -0.1) is 11.8 Å². The number of nitrogens with one attached hydrogen (secondary N) is 1. The number of nitriles is 1. The van der Waals surface area contributed by atoms with E-state index in [-0.39, 0.29) is 5.91 Å². The standard InChI is InChI=1S/C24H20N2O3S/c1-16-11-19(28-14-18-6-4-5-17(12-18)13-25)9-10-20(16)26-24(27)22-15-30-23-8-3-2-7-21(23)29-22/h2-12,22H,14-15H2,1H3,(H,26,27). The summed E-state index contributed by atoms with van der Waals surface area (Å²) in [6.45, 7) is 2.29. The summed E-state index contributed by atoms with van der Waals surface area (Å²) in [7, 11) is 0. The summed E-state index contributed by atoms with van der Waals surface area (Å²) in [5.74, 6) is 1.85. The lowest BCUT2D eigenvalue weighted by Crippen LogP contribution is -2.36. The van der Waals surface area contributed by atoms with E-state index in [4.69, 9.17) is 14.7 Å². The molecule has 1 aliphatic heterocycles. The van der Waals surface area contributed by atoms with Crippen LogP contribution in [0.25, 0.3) is 0 Å². The Balaban J connectivity index is 1.37. The van der Waals surface area contributed by atoms with Gasteiger partial charge in [0.2, 0.25) is 0 Å². The van der Waals surface area contributed by atoms with E-state index in [2.05, 4.69) is 11.4 Å². The van der Waals surface area contributed by atoms with Crippen LogP contribution in [0, 0.1) is 18.3 Å². The summed E-state index contributed by atoms with van der Waals surface area (Å²) in [5.41, 5.74) is 3.16. The third-order valence-corrected chi connectivity index (χ3v) is 5.84. The molecule has 6 heteroatoms. The molecule has 3 aromatic carbocycles. The molecule has 1 heterocycles. The Morgan fingerprint density at radius 1 is 1.20 bits per heavy atom. The molecule has 30 heavy (non-hydrogen) atoms. The molecule has 1 unspecified atom stereocenters. The number of fused-ring (bicyclic) bond motifs is 1. The van der Waals surface area contributed by atoms with Crippen LogP contribution in [0.1, 0.15) is 16.7 Å². The quantitative estimate of drug-likeness (QED) is 0.638. The monoisotopic (exact) mass is 416 g/mol. The molecule has 0 saturated carbocycles. The number of ether oxygens (including phenoxy) is 2. The molecule has 0 radical (unpaired) electrons. The average molecular weight is 417 g/mol. The van der Waals surface area contributed by atoms with Crippen LogP contribution in [-0.4, -0.2) is 17.8 Å². The molecule has 150 valence electrons. The van der Waals surface area contributed by atoms with E-state index in [9.17, 15) is 4.79 Å². The van der Waals surface area contributed by atoms with E-state index in [1.54, 1.807) is 17.8 Å². The highest BCUT2D eigenvalue weighted by atomic mass is 32.2. The van der Waals surface area contributed by atoms with Crippen LogP contribution in [0.4, 0.5) is 5.69 Å². The summed E-state index contributed by atoms with van der Waals surface area (Å²) in [4.78, 5) is 13.7.